The Hall–Kier alpha value is -0.160. The van der Waals surface area contributed by atoms with Crippen molar-refractivity contribution in [3.05, 3.63) is 0 Å². The zero-order chi connectivity index (χ0) is 14.0. The lowest BCUT2D eigenvalue weighted by Crippen LogP contribution is -2.46. The van der Waals surface area contributed by atoms with Gasteiger partial charge in [-0.3, -0.25) is 4.90 Å². The fourth-order valence-corrected chi connectivity index (χ4v) is 3.67. The molecule has 0 spiro atoms. The van der Waals surface area contributed by atoms with Gasteiger partial charge < -0.3 is 5.11 Å². The molecule has 0 amide bonds. The van der Waals surface area contributed by atoms with Gasteiger partial charge in [0, 0.05) is 12.6 Å². The summed E-state index contributed by atoms with van der Waals surface area (Å²) in [5, 5.41) is 8.84. The van der Waals surface area contributed by atoms with E-state index in [9.17, 15) is 0 Å². The lowest BCUT2D eigenvalue weighted by Gasteiger charge is -2.39. The number of hydrogen-bond acceptors (Lipinski definition) is 4. The van der Waals surface area contributed by atoms with Crippen molar-refractivity contribution in [3.63, 3.8) is 0 Å². The molecule has 0 aromatic carbocycles. The van der Waals surface area contributed by atoms with Gasteiger partial charge in [-0.2, -0.15) is 0 Å². The topological polar surface area (TPSA) is 41.9 Å². The lowest BCUT2D eigenvalue weighted by atomic mass is 9.94. The van der Waals surface area contributed by atoms with E-state index in [-0.39, 0.29) is 13.0 Å². The highest BCUT2D eigenvalue weighted by atomic mass is 17.2. The first-order chi connectivity index (χ1) is 9.92. The highest BCUT2D eigenvalue weighted by Crippen LogP contribution is 2.27. The summed E-state index contributed by atoms with van der Waals surface area (Å²) in [7, 11) is 0. The smallest absolute Gasteiger partial charge is 0.178 e. The molecule has 1 heterocycles. The summed E-state index contributed by atoms with van der Waals surface area (Å²) < 4.78 is 0. The standard InChI is InChI=1S/C16H31NO3/c18-14-19-20-16-12-8-4-5-9-13-17(16)15-10-6-2-1-3-7-11-15/h15-16,18H,1-14H2. The molecule has 0 aromatic rings. The third-order valence-corrected chi connectivity index (χ3v) is 4.76. The van der Waals surface area contributed by atoms with Gasteiger partial charge in [-0.1, -0.05) is 44.9 Å². The van der Waals surface area contributed by atoms with E-state index < -0.39 is 0 Å². The minimum atomic E-state index is -0.352. The van der Waals surface area contributed by atoms with Crippen molar-refractivity contribution in [2.24, 2.45) is 0 Å². The number of rotatable bonds is 4. The predicted molar refractivity (Wildman–Crippen MR) is 78.9 cm³/mol. The van der Waals surface area contributed by atoms with Crippen LogP contribution in [0.4, 0.5) is 0 Å². The Morgan fingerprint density at radius 1 is 0.800 bits per heavy atom. The van der Waals surface area contributed by atoms with Crippen molar-refractivity contribution in [2.45, 2.75) is 89.3 Å². The zero-order valence-electron chi connectivity index (χ0n) is 12.8. The van der Waals surface area contributed by atoms with E-state index in [1.54, 1.807) is 0 Å². The molecule has 0 bridgehead atoms. The van der Waals surface area contributed by atoms with Gasteiger partial charge in [-0.05, 0) is 32.1 Å². The molecule has 1 atom stereocenters. The monoisotopic (exact) mass is 285 g/mol. The molecule has 20 heavy (non-hydrogen) atoms. The molecular formula is C16H31NO3. The maximum Gasteiger partial charge on any atom is 0.178 e. The van der Waals surface area contributed by atoms with E-state index in [2.05, 4.69) is 4.90 Å². The second-order valence-electron chi connectivity index (χ2n) is 6.24. The van der Waals surface area contributed by atoms with E-state index in [1.807, 2.05) is 0 Å². The van der Waals surface area contributed by atoms with Crippen LogP contribution in [-0.2, 0) is 9.78 Å². The van der Waals surface area contributed by atoms with Crippen LogP contribution < -0.4 is 0 Å². The van der Waals surface area contributed by atoms with Gasteiger partial charge in [-0.25, -0.2) is 9.78 Å². The minimum Gasteiger partial charge on any atom is -0.368 e. The Morgan fingerprint density at radius 3 is 2.10 bits per heavy atom. The number of nitrogens with zero attached hydrogens (tertiary/aromatic N) is 1. The molecule has 0 radical (unpaired) electrons. The maximum absolute atomic E-state index is 8.84. The van der Waals surface area contributed by atoms with E-state index in [0.29, 0.717) is 6.04 Å². The van der Waals surface area contributed by atoms with Crippen LogP contribution in [0.2, 0.25) is 0 Å². The first-order valence-corrected chi connectivity index (χ1v) is 8.56. The molecule has 2 aliphatic rings. The molecule has 1 saturated carbocycles. The van der Waals surface area contributed by atoms with Gasteiger partial charge in [0.05, 0.1) is 0 Å². The summed E-state index contributed by atoms with van der Waals surface area (Å²) in [6.07, 6.45) is 15.6. The van der Waals surface area contributed by atoms with Gasteiger partial charge in [0.15, 0.2) is 6.79 Å². The highest BCUT2D eigenvalue weighted by Gasteiger charge is 2.28. The van der Waals surface area contributed by atoms with Crippen LogP contribution in [-0.4, -0.2) is 35.6 Å². The van der Waals surface area contributed by atoms with Gasteiger partial charge in [-0.15, -0.1) is 0 Å². The number of hydrogen-bond donors (Lipinski definition) is 1. The summed E-state index contributed by atoms with van der Waals surface area (Å²) in [4.78, 5) is 12.9. The average Bonchev–Trinajstić information content (AvgIpc) is 2.39. The quantitative estimate of drug-likeness (QED) is 0.487. The zero-order valence-corrected chi connectivity index (χ0v) is 12.8. The third kappa shape index (κ3) is 5.32. The second kappa shape index (κ2) is 9.72. The van der Waals surface area contributed by atoms with Gasteiger partial charge in [0.1, 0.15) is 6.23 Å². The summed E-state index contributed by atoms with van der Waals surface area (Å²) >= 11 is 0. The lowest BCUT2D eigenvalue weighted by molar-refractivity contribution is -0.381. The number of aliphatic hydroxyl groups is 1. The molecule has 1 N–H and O–H groups in total. The molecule has 4 nitrogen and oxygen atoms in total. The van der Waals surface area contributed by atoms with Gasteiger partial charge >= 0.3 is 0 Å². The number of aliphatic hydroxyl groups excluding tert-OH is 1. The van der Waals surface area contributed by atoms with Gasteiger partial charge in [0.2, 0.25) is 0 Å². The Kier molecular flexibility index (Phi) is 7.88. The fourth-order valence-electron chi connectivity index (χ4n) is 3.67. The van der Waals surface area contributed by atoms with Crippen molar-refractivity contribution in [1.82, 2.24) is 4.90 Å². The Bertz CT molecular complexity index is 226. The maximum atomic E-state index is 8.84. The summed E-state index contributed by atoms with van der Waals surface area (Å²) in [6.45, 7) is 0.763. The molecule has 0 aromatic heterocycles. The molecule has 4 heteroatoms. The van der Waals surface area contributed by atoms with E-state index in [1.165, 1.54) is 70.6 Å². The van der Waals surface area contributed by atoms with E-state index >= 15 is 0 Å². The molecule has 1 aliphatic carbocycles. The van der Waals surface area contributed by atoms with Crippen LogP contribution in [0.25, 0.3) is 0 Å². The van der Waals surface area contributed by atoms with Crippen LogP contribution >= 0.6 is 0 Å². The minimum absolute atomic E-state index is 0.0341. The Balaban J connectivity index is 1.95. The first-order valence-electron chi connectivity index (χ1n) is 8.56. The summed E-state index contributed by atoms with van der Waals surface area (Å²) in [6, 6.07) is 0.640. The largest absolute Gasteiger partial charge is 0.368 e. The predicted octanol–water partition coefficient (Wildman–Crippen LogP) is 3.59. The Morgan fingerprint density at radius 2 is 1.40 bits per heavy atom. The van der Waals surface area contributed by atoms with Crippen LogP contribution in [0.5, 0.6) is 0 Å². The van der Waals surface area contributed by atoms with Crippen LogP contribution in [0.3, 0.4) is 0 Å². The van der Waals surface area contributed by atoms with Gasteiger partial charge in [0.25, 0.3) is 0 Å². The van der Waals surface area contributed by atoms with Crippen molar-refractivity contribution in [3.8, 4) is 0 Å². The Labute approximate surface area is 123 Å². The normalized spacial score (nSPS) is 28.4. The third-order valence-electron chi connectivity index (χ3n) is 4.76. The second-order valence-corrected chi connectivity index (χ2v) is 6.24. The van der Waals surface area contributed by atoms with Crippen LogP contribution in [0.15, 0.2) is 0 Å². The van der Waals surface area contributed by atoms with E-state index in [4.69, 9.17) is 14.9 Å². The molecule has 2 rings (SSSR count). The van der Waals surface area contributed by atoms with Crippen molar-refractivity contribution >= 4 is 0 Å². The molecule has 2 fully saturated rings. The SMILES string of the molecule is OCOOC1CCCCCCN1C1CCCCCCC1. The average molecular weight is 285 g/mol. The number of likely N-dealkylation sites (tertiary alicyclic amines) is 1. The van der Waals surface area contributed by atoms with Crippen LogP contribution in [0, 0.1) is 0 Å². The molecule has 118 valence electrons. The summed E-state index contributed by atoms with van der Waals surface area (Å²) in [5.74, 6) is 0. The molecule has 1 unspecified atom stereocenters. The molecule has 1 aliphatic heterocycles. The van der Waals surface area contributed by atoms with E-state index in [0.717, 1.165) is 13.0 Å². The summed E-state index contributed by atoms with van der Waals surface area (Å²) in [5.41, 5.74) is 0. The van der Waals surface area contributed by atoms with Crippen molar-refractivity contribution in [1.29, 1.82) is 0 Å². The molecular weight excluding hydrogens is 254 g/mol. The van der Waals surface area contributed by atoms with Crippen LogP contribution in [0.1, 0.15) is 77.0 Å². The first kappa shape index (κ1) is 16.2. The fraction of sp³-hybridized carbons (Fsp3) is 1.00. The highest BCUT2D eigenvalue weighted by molar-refractivity contribution is 4.77. The van der Waals surface area contributed by atoms with Crippen molar-refractivity contribution < 1.29 is 14.9 Å². The van der Waals surface area contributed by atoms with Crippen molar-refractivity contribution in [2.75, 3.05) is 13.3 Å². The molecule has 1 saturated heterocycles.